The zero-order valence-corrected chi connectivity index (χ0v) is 11.5. The smallest absolute Gasteiger partial charge is 0.303 e. The first-order valence-electron chi connectivity index (χ1n) is 6.89. The summed E-state index contributed by atoms with van der Waals surface area (Å²) in [4.78, 5) is 24.3. The van der Waals surface area contributed by atoms with Crippen LogP contribution in [0.3, 0.4) is 0 Å². The Hall–Kier alpha value is -1.98. The molecule has 1 saturated heterocycles. The van der Waals surface area contributed by atoms with Crippen LogP contribution in [0, 0.1) is 17.6 Å². The topological polar surface area (TPSA) is 57.6 Å². The van der Waals surface area contributed by atoms with Gasteiger partial charge in [0.2, 0.25) is 5.91 Å². The maximum Gasteiger partial charge on any atom is 0.303 e. The minimum Gasteiger partial charge on any atom is -0.481 e. The molecule has 1 aliphatic rings. The first-order valence-corrected chi connectivity index (χ1v) is 6.89. The van der Waals surface area contributed by atoms with Gasteiger partial charge in [-0.25, -0.2) is 8.78 Å². The fourth-order valence-corrected chi connectivity index (χ4v) is 2.59. The van der Waals surface area contributed by atoms with Crippen molar-refractivity contribution in [3.05, 3.63) is 35.4 Å². The second-order valence-corrected chi connectivity index (χ2v) is 5.33. The largest absolute Gasteiger partial charge is 0.481 e. The van der Waals surface area contributed by atoms with Gasteiger partial charge in [-0.15, -0.1) is 0 Å². The zero-order chi connectivity index (χ0) is 15.4. The van der Waals surface area contributed by atoms with Gasteiger partial charge in [-0.1, -0.05) is 0 Å². The summed E-state index contributed by atoms with van der Waals surface area (Å²) >= 11 is 0. The van der Waals surface area contributed by atoms with E-state index in [0.717, 1.165) is 18.2 Å². The van der Waals surface area contributed by atoms with E-state index >= 15 is 0 Å². The molecular formula is C15H17F2NO3. The molecule has 0 bridgehead atoms. The lowest BCUT2D eigenvalue weighted by atomic mass is 9.93. The van der Waals surface area contributed by atoms with Crippen LogP contribution in [0.5, 0.6) is 0 Å². The Bertz CT molecular complexity index is 540. The first kappa shape index (κ1) is 15.4. The number of halogens is 2. The monoisotopic (exact) mass is 297 g/mol. The maximum absolute atomic E-state index is 13.5. The Labute approximate surface area is 121 Å². The molecule has 0 radical (unpaired) electrons. The molecule has 0 aromatic heterocycles. The summed E-state index contributed by atoms with van der Waals surface area (Å²) in [7, 11) is 0. The Kier molecular flexibility index (Phi) is 4.88. The first-order chi connectivity index (χ1) is 9.95. The quantitative estimate of drug-likeness (QED) is 0.927. The van der Waals surface area contributed by atoms with Crippen LogP contribution in [0.15, 0.2) is 18.2 Å². The number of aliphatic carboxylic acids is 1. The Morgan fingerprint density at radius 1 is 1.24 bits per heavy atom. The van der Waals surface area contributed by atoms with E-state index in [-0.39, 0.29) is 30.2 Å². The molecular weight excluding hydrogens is 280 g/mol. The summed E-state index contributed by atoms with van der Waals surface area (Å²) in [5.41, 5.74) is 0.0488. The molecule has 0 aliphatic carbocycles. The number of nitrogens with zero attached hydrogens (tertiary/aromatic N) is 1. The van der Waals surface area contributed by atoms with E-state index in [2.05, 4.69) is 0 Å². The molecule has 0 atom stereocenters. The van der Waals surface area contributed by atoms with Gasteiger partial charge in [0.05, 0.1) is 6.42 Å². The molecule has 2 rings (SSSR count). The number of benzene rings is 1. The lowest BCUT2D eigenvalue weighted by Gasteiger charge is -2.31. The lowest BCUT2D eigenvalue weighted by molar-refractivity contribution is -0.138. The van der Waals surface area contributed by atoms with Crippen LogP contribution >= 0.6 is 0 Å². The van der Waals surface area contributed by atoms with E-state index in [1.54, 1.807) is 4.90 Å². The van der Waals surface area contributed by atoms with Crippen LogP contribution in [0.1, 0.15) is 24.8 Å². The van der Waals surface area contributed by atoms with Crippen LogP contribution in [0.2, 0.25) is 0 Å². The molecule has 0 unspecified atom stereocenters. The van der Waals surface area contributed by atoms with Gasteiger partial charge >= 0.3 is 5.97 Å². The lowest BCUT2D eigenvalue weighted by Crippen LogP contribution is -2.39. The molecule has 1 amide bonds. The molecule has 1 aromatic carbocycles. The van der Waals surface area contributed by atoms with Crippen LogP contribution < -0.4 is 0 Å². The number of amides is 1. The van der Waals surface area contributed by atoms with Gasteiger partial charge in [0.15, 0.2) is 0 Å². The van der Waals surface area contributed by atoms with E-state index < -0.39 is 17.6 Å². The van der Waals surface area contributed by atoms with Gasteiger partial charge in [-0.05, 0) is 37.0 Å². The molecule has 21 heavy (non-hydrogen) atoms. The number of carbonyl (C=O) groups excluding carboxylic acids is 1. The number of likely N-dealkylation sites (tertiary alicyclic amines) is 1. The van der Waals surface area contributed by atoms with Crippen LogP contribution in [0.4, 0.5) is 8.78 Å². The number of carbonyl (C=O) groups is 2. The molecule has 0 spiro atoms. The molecule has 0 saturated carbocycles. The van der Waals surface area contributed by atoms with Crippen molar-refractivity contribution in [2.45, 2.75) is 25.7 Å². The van der Waals surface area contributed by atoms with E-state index in [1.165, 1.54) is 0 Å². The van der Waals surface area contributed by atoms with Gasteiger partial charge in [-0.2, -0.15) is 0 Å². The average molecular weight is 297 g/mol. The predicted molar refractivity (Wildman–Crippen MR) is 71.6 cm³/mol. The minimum atomic E-state index is -0.832. The molecule has 6 heteroatoms. The minimum absolute atomic E-state index is 0.0488. The molecule has 1 heterocycles. The van der Waals surface area contributed by atoms with Gasteiger partial charge < -0.3 is 10.0 Å². The van der Waals surface area contributed by atoms with Gasteiger partial charge in [-0.3, -0.25) is 9.59 Å². The number of hydrogen-bond acceptors (Lipinski definition) is 2. The molecule has 4 nitrogen and oxygen atoms in total. The highest BCUT2D eigenvalue weighted by atomic mass is 19.1. The fraction of sp³-hybridized carbons (Fsp3) is 0.467. The second-order valence-electron chi connectivity index (χ2n) is 5.33. The van der Waals surface area contributed by atoms with Crippen molar-refractivity contribution in [1.29, 1.82) is 0 Å². The highest BCUT2D eigenvalue weighted by molar-refractivity contribution is 5.79. The average Bonchev–Trinajstić information content (AvgIpc) is 2.43. The highest BCUT2D eigenvalue weighted by Gasteiger charge is 2.24. The number of hydrogen-bond donors (Lipinski definition) is 1. The summed E-state index contributed by atoms with van der Waals surface area (Å²) in [5, 5.41) is 8.73. The summed E-state index contributed by atoms with van der Waals surface area (Å²) in [6.45, 7) is 0.932. The SMILES string of the molecule is O=C(O)CC1CCN(C(=O)Cc2cc(F)ccc2F)CC1. The van der Waals surface area contributed by atoms with Gasteiger partial charge in [0.25, 0.3) is 0 Å². The van der Waals surface area contributed by atoms with E-state index in [0.29, 0.717) is 25.9 Å². The van der Waals surface area contributed by atoms with Crippen molar-refractivity contribution >= 4 is 11.9 Å². The van der Waals surface area contributed by atoms with Crippen molar-refractivity contribution in [3.63, 3.8) is 0 Å². The Morgan fingerprint density at radius 3 is 2.52 bits per heavy atom. The van der Waals surface area contributed by atoms with Crippen LogP contribution in [-0.4, -0.2) is 35.0 Å². The maximum atomic E-state index is 13.5. The van der Waals surface area contributed by atoms with Crippen LogP contribution in [0.25, 0.3) is 0 Å². The standard InChI is InChI=1S/C15H17F2NO3/c16-12-1-2-13(17)11(8-12)9-14(19)18-5-3-10(4-6-18)7-15(20)21/h1-2,8,10H,3-7,9H2,(H,20,21). The normalized spacial score (nSPS) is 16.0. The van der Waals surface area contributed by atoms with Gasteiger partial charge in [0.1, 0.15) is 11.6 Å². The molecule has 1 aromatic rings. The summed E-state index contributed by atoms with van der Waals surface area (Å²) in [5.74, 6) is -2.17. The van der Waals surface area contributed by atoms with Crippen molar-refractivity contribution in [2.24, 2.45) is 5.92 Å². The Balaban J connectivity index is 1.90. The van der Waals surface area contributed by atoms with E-state index in [4.69, 9.17) is 5.11 Å². The summed E-state index contributed by atoms with van der Waals surface area (Å²) < 4.78 is 26.6. The number of carboxylic acid groups (broad SMARTS) is 1. The summed E-state index contributed by atoms with van der Waals surface area (Å²) in [6, 6.07) is 3.06. The summed E-state index contributed by atoms with van der Waals surface area (Å²) in [6.07, 6.45) is 1.20. The van der Waals surface area contributed by atoms with Crippen LogP contribution in [-0.2, 0) is 16.0 Å². The van der Waals surface area contributed by atoms with Crippen molar-refractivity contribution in [2.75, 3.05) is 13.1 Å². The number of rotatable bonds is 4. The van der Waals surface area contributed by atoms with Gasteiger partial charge in [0, 0.05) is 25.1 Å². The highest BCUT2D eigenvalue weighted by Crippen LogP contribution is 2.21. The molecule has 114 valence electrons. The van der Waals surface area contributed by atoms with E-state index in [1.807, 2.05) is 0 Å². The molecule has 1 aliphatic heterocycles. The third kappa shape index (κ3) is 4.24. The third-order valence-corrected chi connectivity index (χ3v) is 3.78. The van der Waals surface area contributed by atoms with Crippen molar-refractivity contribution in [1.82, 2.24) is 4.90 Å². The Morgan fingerprint density at radius 2 is 1.90 bits per heavy atom. The second kappa shape index (κ2) is 6.65. The van der Waals surface area contributed by atoms with Crippen molar-refractivity contribution < 1.29 is 23.5 Å². The molecule has 1 fully saturated rings. The molecule has 1 N–H and O–H groups in total. The predicted octanol–water partition coefficient (Wildman–Crippen LogP) is 2.22. The van der Waals surface area contributed by atoms with Crippen molar-refractivity contribution in [3.8, 4) is 0 Å². The number of piperidine rings is 1. The third-order valence-electron chi connectivity index (χ3n) is 3.78. The van der Waals surface area contributed by atoms with E-state index in [9.17, 15) is 18.4 Å². The fourth-order valence-electron chi connectivity index (χ4n) is 2.59. The number of carboxylic acids is 1. The zero-order valence-electron chi connectivity index (χ0n) is 11.5.